The molecule has 0 saturated heterocycles. The van der Waals surface area contributed by atoms with Gasteiger partial charge in [0.05, 0.1) is 22.9 Å². The van der Waals surface area contributed by atoms with E-state index in [1.165, 1.54) is 18.6 Å². The van der Waals surface area contributed by atoms with Crippen LogP contribution < -0.4 is 9.46 Å². The molecule has 2 rings (SSSR count). The minimum absolute atomic E-state index is 0.0944. The van der Waals surface area contributed by atoms with Crippen LogP contribution in [0.3, 0.4) is 0 Å². The van der Waals surface area contributed by atoms with Gasteiger partial charge in [-0.2, -0.15) is 0 Å². The topological polar surface area (TPSA) is 102 Å². The van der Waals surface area contributed by atoms with Crippen LogP contribution in [0.4, 0.5) is 5.69 Å². The zero-order chi connectivity index (χ0) is 17.7. The van der Waals surface area contributed by atoms with Gasteiger partial charge in [-0.05, 0) is 18.2 Å². The number of para-hydroxylation sites is 1. The van der Waals surface area contributed by atoms with E-state index in [1.54, 1.807) is 12.1 Å². The first kappa shape index (κ1) is 18.5. The number of methoxy groups -OCH3 is 1. The molecule has 0 fully saturated rings. The molecular formula is C14H14ClNO6S2. The van der Waals surface area contributed by atoms with E-state index in [0.717, 1.165) is 17.4 Å². The van der Waals surface area contributed by atoms with Gasteiger partial charge in [0.25, 0.3) is 10.0 Å². The van der Waals surface area contributed by atoms with E-state index in [4.69, 9.17) is 26.2 Å². The van der Waals surface area contributed by atoms with Gasteiger partial charge in [0, 0.05) is 12.5 Å². The van der Waals surface area contributed by atoms with Crippen molar-refractivity contribution >= 4 is 44.6 Å². The summed E-state index contributed by atoms with van der Waals surface area (Å²) in [7, 11) is -2.45. The number of hydrogen-bond donors (Lipinski definition) is 2. The Morgan fingerprint density at radius 3 is 2.75 bits per heavy atom. The van der Waals surface area contributed by atoms with Crippen molar-refractivity contribution in [3.63, 3.8) is 0 Å². The number of hydrogen-bond acceptors (Lipinski definition) is 6. The molecule has 0 amide bonds. The maximum atomic E-state index is 12.4. The van der Waals surface area contributed by atoms with Gasteiger partial charge in [-0.3, -0.25) is 4.72 Å². The summed E-state index contributed by atoms with van der Waals surface area (Å²) in [6.07, 6.45) is 0. The highest BCUT2D eigenvalue weighted by Crippen LogP contribution is 2.35. The molecule has 10 heteroatoms. The number of rotatable bonds is 8. The summed E-state index contributed by atoms with van der Waals surface area (Å²) in [6.45, 7) is 0.501. The van der Waals surface area contributed by atoms with Crippen molar-refractivity contribution in [1.29, 1.82) is 0 Å². The molecule has 0 unspecified atom stereocenters. The minimum Gasteiger partial charge on any atom is -0.487 e. The van der Waals surface area contributed by atoms with Crippen LogP contribution in [0, 0.1) is 0 Å². The molecule has 2 N–H and O–H groups in total. The summed E-state index contributed by atoms with van der Waals surface area (Å²) in [5, 5.41) is 10.4. The maximum absolute atomic E-state index is 12.4. The average molecular weight is 392 g/mol. The minimum atomic E-state index is -3.96. The highest BCUT2D eigenvalue weighted by Gasteiger charge is 2.21. The van der Waals surface area contributed by atoms with Gasteiger partial charge in [0.2, 0.25) is 0 Å². The first-order chi connectivity index (χ1) is 11.3. The Balaban J connectivity index is 2.28. The van der Waals surface area contributed by atoms with Gasteiger partial charge < -0.3 is 14.6 Å². The number of halogens is 1. The predicted molar refractivity (Wildman–Crippen MR) is 90.9 cm³/mol. The average Bonchev–Trinajstić information content (AvgIpc) is 3.01. The number of nitrogens with one attached hydrogen (secondary N) is 1. The van der Waals surface area contributed by atoms with Gasteiger partial charge in [-0.1, -0.05) is 17.7 Å². The zero-order valence-electron chi connectivity index (χ0n) is 12.5. The van der Waals surface area contributed by atoms with Crippen LogP contribution in [-0.4, -0.2) is 39.8 Å². The second-order valence-electron chi connectivity index (χ2n) is 4.52. The Morgan fingerprint density at radius 2 is 2.12 bits per heavy atom. The molecule has 0 aliphatic rings. The number of ether oxygens (including phenoxy) is 2. The van der Waals surface area contributed by atoms with Crippen LogP contribution in [0.5, 0.6) is 5.75 Å². The van der Waals surface area contributed by atoms with Gasteiger partial charge >= 0.3 is 5.97 Å². The third kappa shape index (κ3) is 4.38. The third-order valence-electron chi connectivity index (χ3n) is 2.83. The molecule has 0 radical (unpaired) electrons. The molecule has 2 aromatic rings. The molecule has 1 aromatic heterocycles. The van der Waals surface area contributed by atoms with Crippen LogP contribution >= 0.6 is 22.9 Å². The van der Waals surface area contributed by atoms with Crippen LogP contribution in [0.25, 0.3) is 0 Å². The zero-order valence-corrected chi connectivity index (χ0v) is 14.9. The van der Waals surface area contributed by atoms with Crippen LogP contribution in [0.15, 0.2) is 33.9 Å². The van der Waals surface area contributed by atoms with E-state index < -0.39 is 16.0 Å². The van der Waals surface area contributed by atoms with Crippen molar-refractivity contribution in [1.82, 2.24) is 0 Å². The Hall–Kier alpha value is -1.81. The normalized spacial score (nSPS) is 11.2. The molecule has 1 heterocycles. The molecule has 130 valence electrons. The van der Waals surface area contributed by atoms with Crippen molar-refractivity contribution in [3.8, 4) is 5.75 Å². The van der Waals surface area contributed by atoms with Crippen molar-refractivity contribution in [2.24, 2.45) is 0 Å². The second-order valence-corrected chi connectivity index (χ2v) is 7.75. The van der Waals surface area contributed by atoms with Gasteiger partial charge in [-0.25, -0.2) is 13.2 Å². The highest BCUT2D eigenvalue weighted by molar-refractivity contribution is 7.94. The number of thiophene rings is 1. The standard InChI is InChI=1S/C14H14ClNO6S2/c1-21-5-6-22-13-10(15)3-2-4-11(13)16-24(19,20)12-7-9(8-23-12)14(17)18/h2-4,7-8,16H,5-6H2,1H3,(H,17,18). The number of carbonyl (C=O) groups is 1. The Bertz CT molecular complexity index is 834. The first-order valence-corrected chi connectivity index (χ1v) is 9.34. The predicted octanol–water partition coefficient (Wildman–Crippen LogP) is 2.93. The number of sulfonamides is 1. The van der Waals surface area contributed by atoms with Gasteiger partial charge in [-0.15, -0.1) is 11.3 Å². The number of anilines is 1. The van der Waals surface area contributed by atoms with Gasteiger partial charge in [0.1, 0.15) is 10.8 Å². The molecule has 1 aromatic carbocycles. The van der Waals surface area contributed by atoms with Crippen molar-refractivity contribution in [2.75, 3.05) is 25.0 Å². The monoisotopic (exact) mass is 391 g/mol. The van der Waals surface area contributed by atoms with Crippen molar-refractivity contribution in [2.45, 2.75) is 4.21 Å². The Labute approximate surface area is 147 Å². The fourth-order valence-electron chi connectivity index (χ4n) is 1.73. The van der Waals surface area contributed by atoms with Crippen molar-refractivity contribution < 1.29 is 27.8 Å². The molecule has 7 nitrogen and oxygen atoms in total. The molecule has 0 atom stereocenters. The molecule has 0 bridgehead atoms. The lowest BCUT2D eigenvalue weighted by molar-refractivity contribution is 0.0697. The smallest absolute Gasteiger partial charge is 0.336 e. The van der Waals surface area contributed by atoms with E-state index in [9.17, 15) is 13.2 Å². The fourth-order valence-corrected chi connectivity index (χ4v) is 4.17. The molecular weight excluding hydrogens is 378 g/mol. The van der Waals surface area contributed by atoms with Gasteiger partial charge in [0.15, 0.2) is 5.75 Å². The summed E-state index contributed by atoms with van der Waals surface area (Å²) < 4.78 is 37.4. The molecule has 0 saturated carbocycles. The highest BCUT2D eigenvalue weighted by atomic mass is 35.5. The van der Waals surface area contributed by atoms with Crippen LogP contribution in [0.1, 0.15) is 10.4 Å². The Morgan fingerprint density at radius 1 is 1.38 bits per heavy atom. The van der Waals surface area contributed by atoms with E-state index >= 15 is 0 Å². The van der Waals surface area contributed by atoms with E-state index in [0.29, 0.717) is 6.61 Å². The van der Waals surface area contributed by atoms with E-state index in [-0.39, 0.29) is 32.8 Å². The van der Waals surface area contributed by atoms with Crippen LogP contribution in [-0.2, 0) is 14.8 Å². The van der Waals surface area contributed by atoms with Crippen molar-refractivity contribution in [3.05, 3.63) is 40.2 Å². The molecule has 0 aliphatic carbocycles. The lowest BCUT2D eigenvalue weighted by Gasteiger charge is -2.14. The summed E-state index contributed by atoms with van der Waals surface area (Å²) in [5.41, 5.74) is 0.0620. The largest absolute Gasteiger partial charge is 0.487 e. The molecule has 0 aliphatic heterocycles. The lowest BCUT2D eigenvalue weighted by Crippen LogP contribution is -2.14. The SMILES string of the molecule is COCCOc1c(Cl)cccc1NS(=O)(=O)c1cc(C(=O)O)cs1. The number of carboxylic acids is 1. The number of carboxylic acid groups (broad SMARTS) is 1. The number of benzene rings is 1. The third-order valence-corrected chi connectivity index (χ3v) is 5.94. The summed E-state index contributed by atoms with van der Waals surface area (Å²) in [4.78, 5) is 10.9. The second kappa shape index (κ2) is 7.84. The van der Waals surface area contributed by atoms with E-state index in [2.05, 4.69) is 4.72 Å². The molecule has 0 spiro atoms. The summed E-state index contributed by atoms with van der Waals surface area (Å²) in [5.74, 6) is -1.02. The maximum Gasteiger partial charge on any atom is 0.336 e. The van der Waals surface area contributed by atoms with Crippen LogP contribution in [0.2, 0.25) is 5.02 Å². The lowest BCUT2D eigenvalue weighted by atomic mass is 10.3. The summed E-state index contributed by atoms with van der Waals surface area (Å²) in [6, 6.07) is 5.72. The Kier molecular flexibility index (Phi) is 6.05. The summed E-state index contributed by atoms with van der Waals surface area (Å²) >= 11 is 6.86. The molecule has 24 heavy (non-hydrogen) atoms. The fraction of sp³-hybridized carbons (Fsp3) is 0.214. The van der Waals surface area contributed by atoms with E-state index in [1.807, 2.05) is 0 Å². The quantitative estimate of drug-likeness (QED) is 0.671. The first-order valence-electron chi connectivity index (χ1n) is 6.60. The number of aromatic carboxylic acids is 1.